The summed E-state index contributed by atoms with van der Waals surface area (Å²) < 4.78 is 27.7. The standard InChI is InChI=1S/C15H24N2O2S2/c1-3-11-17(13-7-9-16-10-8-13)21(18,19)15-6-4-5-14(12-15)20-2/h4-6,12-13,16H,3,7-11H2,1-2H3. The summed E-state index contributed by atoms with van der Waals surface area (Å²) in [6.07, 6.45) is 4.58. The van der Waals surface area contributed by atoms with Crippen LogP contribution in [0.5, 0.6) is 0 Å². The molecule has 1 aliphatic heterocycles. The minimum absolute atomic E-state index is 0.120. The van der Waals surface area contributed by atoms with Crippen molar-refractivity contribution < 1.29 is 8.42 Å². The van der Waals surface area contributed by atoms with E-state index in [9.17, 15) is 8.42 Å². The third-order valence-corrected chi connectivity index (χ3v) is 6.48. The van der Waals surface area contributed by atoms with E-state index in [0.29, 0.717) is 11.4 Å². The molecule has 0 spiro atoms. The van der Waals surface area contributed by atoms with E-state index in [-0.39, 0.29) is 6.04 Å². The highest BCUT2D eigenvalue weighted by atomic mass is 32.2. The molecular weight excluding hydrogens is 304 g/mol. The van der Waals surface area contributed by atoms with Crippen molar-refractivity contribution in [3.63, 3.8) is 0 Å². The average molecular weight is 329 g/mol. The van der Waals surface area contributed by atoms with Crippen LogP contribution in [0.3, 0.4) is 0 Å². The molecule has 1 aliphatic rings. The van der Waals surface area contributed by atoms with E-state index < -0.39 is 10.0 Å². The molecule has 118 valence electrons. The van der Waals surface area contributed by atoms with E-state index in [0.717, 1.165) is 37.2 Å². The van der Waals surface area contributed by atoms with Gasteiger partial charge in [-0.05, 0) is 56.8 Å². The maximum atomic E-state index is 13.0. The Morgan fingerprint density at radius 2 is 2.05 bits per heavy atom. The van der Waals surface area contributed by atoms with E-state index >= 15 is 0 Å². The van der Waals surface area contributed by atoms with Gasteiger partial charge in [0.1, 0.15) is 0 Å². The Morgan fingerprint density at radius 1 is 1.33 bits per heavy atom. The van der Waals surface area contributed by atoms with Gasteiger partial charge in [-0.2, -0.15) is 4.31 Å². The number of nitrogens with zero attached hydrogens (tertiary/aromatic N) is 1. The molecule has 0 atom stereocenters. The number of hydrogen-bond donors (Lipinski definition) is 1. The summed E-state index contributed by atoms with van der Waals surface area (Å²) in [6, 6.07) is 7.38. The van der Waals surface area contributed by atoms with Crippen molar-refractivity contribution in [1.29, 1.82) is 0 Å². The molecule has 1 heterocycles. The Balaban J connectivity index is 2.31. The molecule has 0 bridgehead atoms. The van der Waals surface area contributed by atoms with Crippen LogP contribution in [0.4, 0.5) is 0 Å². The van der Waals surface area contributed by atoms with Gasteiger partial charge < -0.3 is 5.32 Å². The van der Waals surface area contributed by atoms with Gasteiger partial charge in [0.15, 0.2) is 0 Å². The van der Waals surface area contributed by atoms with E-state index in [2.05, 4.69) is 5.32 Å². The summed E-state index contributed by atoms with van der Waals surface area (Å²) >= 11 is 1.57. The Morgan fingerprint density at radius 3 is 2.67 bits per heavy atom. The predicted octanol–water partition coefficient (Wildman–Crippen LogP) is 2.56. The van der Waals surface area contributed by atoms with E-state index in [4.69, 9.17) is 0 Å². The molecule has 0 aliphatic carbocycles. The van der Waals surface area contributed by atoms with Crippen LogP contribution < -0.4 is 5.32 Å². The molecule has 2 rings (SSSR count). The number of thioether (sulfide) groups is 1. The Kier molecular flexibility index (Phi) is 6.10. The SMILES string of the molecule is CCCN(C1CCNCC1)S(=O)(=O)c1cccc(SC)c1. The van der Waals surface area contributed by atoms with Gasteiger partial charge in [-0.15, -0.1) is 11.8 Å². The third-order valence-electron chi connectivity index (χ3n) is 3.81. The molecule has 0 unspecified atom stereocenters. The van der Waals surface area contributed by atoms with Crippen LogP contribution in [0.15, 0.2) is 34.1 Å². The minimum Gasteiger partial charge on any atom is -0.317 e. The maximum absolute atomic E-state index is 13.0. The predicted molar refractivity (Wildman–Crippen MR) is 88.3 cm³/mol. The molecule has 1 N–H and O–H groups in total. The fourth-order valence-electron chi connectivity index (χ4n) is 2.71. The van der Waals surface area contributed by atoms with Gasteiger partial charge >= 0.3 is 0 Å². The largest absolute Gasteiger partial charge is 0.317 e. The van der Waals surface area contributed by atoms with Crippen LogP contribution >= 0.6 is 11.8 Å². The van der Waals surface area contributed by atoms with Crippen molar-refractivity contribution in [3.8, 4) is 0 Å². The van der Waals surface area contributed by atoms with Crippen LogP contribution in [0.2, 0.25) is 0 Å². The number of sulfonamides is 1. The summed E-state index contributed by atoms with van der Waals surface area (Å²) in [6.45, 7) is 4.41. The molecule has 1 aromatic carbocycles. The molecule has 0 radical (unpaired) electrons. The van der Waals surface area contributed by atoms with Crippen LogP contribution in [-0.2, 0) is 10.0 Å². The first-order valence-corrected chi connectivity index (χ1v) is 10.1. The number of piperidine rings is 1. The van der Waals surface area contributed by atoms with Gasteiger partial charge in [-0.25, -0.2) is 8.42 Å². The summed E-state index contributed by atoms with van der Waals surface area (Å²) in [4.78, 5) is 1.40. The Bertz CT molecular complexity index is 555. The second kappa shape index (κ2) is 7.63. The fraction of sp³-hybridized carbons (Fsp3) is 0.600. The zero-order chi connectivity index (χ0) is 15.3. The van der Waals surface area contributed by atoms with Crippen LogP contribution in [0.1, 0.15) is 26.2 Å². The quantitative estimate of drug-likeness (QED) is 0.816. The Labute approximate surface area is 132 Å². The first kappa shape index (κ1) is 16.8. The van der Waals surface area contributed by atoms with E-state index in [1.165, 1.54) is 0 Å². The number of rotatable bonds is 6. The van der Waals surface area contributed by atoms with Crippen molar-refractivity contribution in [2.24, 2.45) is 0 Å². The number of nitrogens with one attached hydrogen (secondary N) is 1. The van der Waals surface area contributed by atoms with Crippen LogP contribution in [0, 0.1) is 0 Å². The van der Waals surface area contributed by atoms with Crippen molar-refractivity contribution in [3.05, 3.63) is 24.3 Å². The molecule has 6 heteroatoms. The normalized spacial score (nSPS) is 17.3. The second-order valence-corrected chi connectivity index (χ2v) is 8.05. The van der Waals surface area contributed by atoms with Gasteiger partial charge in [-0.1, -0.05) is 13.0 Å². The van der Waals surface area contributed by atoms with Crippen molar-refractivity contribution in [2.75, 3.05) is 25.9 Å². The van der Waals surface area contributed by atoms with Gasteiger partial charge in [0.25, 0.3) is 0 Å². The lowest BCUT2D eigenvalue weighted by molar-refractivity contribution is 0.262. The fourth-order valence-corrected chi connectivity index (χ4v) is 5.07. The van der Waals surface area contributed by atoms with E-state index in [1.807, 2.05) is 25.3 Å². The lowest BCUT2D eigenvalue weighted by Gasteiger charge is -2.33. The summed E-state index contributed by atoms with van der Waals surface area (Å²) in [7, 11) is -3.40. The molecule has 1 saturated heterocycles. The summed E-state index contributed by atoms with van der Waals surface area (Å²) in [5, 5.41) is 3.30. The molecule has 1 fully saturated rings. The zero-order valence-corrected chi connectivity index (χ0v) is 14.3. The van der Waals surface area contributed by atoms with Gasteiger partial charge in [0.2, 0.25) is 10.0 Å². The van der Waals surface area contributed by atoms with Crippen LogP contribution in [-0.4, -0.2) is 44.7 Å². The van der Waals surface area contributed by atoms with Crippen molar-refractivity contribution >= 4 is 21.8 Å². The first-order valence-electron chi connectivity index (χ1n) is 7.46. The molecule has 0 amide bonds. The molecule has 0 aromatic heterocycles. The average Bonchev–Trinajstić information content (AvgIpc) is 2.53. The second-order valence-electron chi connectivity index (χ2n) is 5.28. The van der Waals surface area contributed by atoms with Crippen molar-refractivity contribution in [1.82, 2.24) is 9.62 Å². The number of hydrogen-bond acceptors (Lipinski definition) is 4. The van der Waals surface area contributed by atoms with Gasteiger partial charge in [0.05, 0.1) is 4.90 Å². The van der Waals surface area contributed by atoms with E-state index in [1.54, 1.807) is 28.2 Å². The lowest BCUT2D eigenvalue weighted by atomic mass is 10.1. The molecule has 1 aromatic rings. The van der Waals surface area contributed by atoms with Gasteiger partial charge in [0, 0.05) is 17.5 Å². The van der Waals surface area contributed by atoms with Gasteiger partial charge in [-0.3, -0.25) is 0 Å². The highest BCUT2D eigenvalue weighted by Gasteiger charge is 2.31. The Hall–Kier alpha value is -0.560. The highest BCUT2D eigenvalue weighted by molar-refractivity contribution is 7.98. The summed E-state index contributed by atoms with van der Waals surface area (Å²) in [5.41, 5.74) is 0. The smallest absolute Gasteiger partial charge is 0.243 e. The van der Waals surface area contributed by atoms with Crippen LogP contribution in [0.25, 0.3) is 0 Å². The molecule has 4 nitrogen and oxygen atoms in total. The zero-order valence-electron chi connectivity index (χ0n) is 12.7. The first-order chi connectivity index (χ1) is 10.1. The van der Waals surface area contributed by atoms with Crippen molar-refractivity contribution in [2.45, 2.75) is 42.0 Å². The topological polar surface area (TPSA) is 49.4 Å². The monoisotopic (exact) mass is 328 g/mol. The molecule has 21 heavy (non-hydrogen) atoms. The molecular formula is C15H24N2O2S2. The lowest BCUT2D eigenvalue weighted by Crippen LogP contribution is -2.46. The third kappa shape index (κ3) is 4.00. The number of benzene rings is 1. The maximum Gasteiger partial charge on any atom is 0.243 e. The highest BCUT2D eigenvalue weighted by Crippen LogP contribution is 2.25. The molecule has 0 saturated carbocycles. The summed E-state index contributed by atoms with van der Waals surface area (Å²) in [5.74, 6) is 0. The minimum atomic E-state index is -3.40.